The number of benzene rings is 1. The molecule has 25 heavy (non-hydrogen) atoms. The Balaban J connectivity index is 1.78. The summed E-state index contributed by atoms with van der Waals surface area (Å²) in [7, 11) is 0. The second kappa shape index (κ2) is 7.60. The van der Waals surface area contributed by atoms with Crippen molar-refractivity contribution in [2.24, 2.45) is 11.7 Å². The number of aromatic nitrogens is 2. The van der Waals surface area contributed by atoms with Crippen LogP contribution in [0.3, 0.4) is 0 Å². The average molecular weight is 350 g/mol. The lowest BCUT2D eigenvalue weighted by Crippen LogP contribution is -2.28. The van der Waals surface area contributed by atoms with Gasteiger partial charge in [0.05, 0.1) is 18.4 Å². The molecule has 1 saturated heterocycles. The largest absolute Gasteiger partial charge is 0.434 e. The molecular formula is C17H20F2N4O2. The Labute approximate surface area is 143 Å². The van der Waals surface area contributed by atoms with E-state index in [9.17, 15) is 13.6 Å². The summed E-state index contributed by atoms with van der Waals surface area (Å²) < 4.78 is 30.7. The number of anilines is 1. The molecule has 134 valence electrons. The van der Waals surface area contributed by atoms with E-state index in [-0.39, 0.29) is 17.9 Å². The summed E-state index contributed by atoms with van der Waals surface area (Å²) in [5, 5.41) is 4.18. The number of para-hydroxylation sites is 1. The van der Waals surface area contributed by atoms with Crippen molar-refractivity contribution in [3.63, 3.8) is 0 Å². The average Bonchev–Trinajstić information content (AvgIpc) is 3.07. The van der Waals surface area contributed by atoms with E-state index in [2.05, 4.69) is 14.7 Å². The SMILES string of the molecule is NCC1CCN(c2cnn(Cc3ccccc3OC(F)F)c(=O)c2)C1. The van der Waals surface area contributed by atoms with Gasteiger partial charge in [-0.3, -0.25) is 4.79 Å². The summed E-state index contributed by atoms with van der Waals surface area (Å²) in [5.41, 5.74) is 6.62. The minimum absolute atomic E-state index is 0.0422. The van der Waals surface area contributed by atoms with Crippen molar-refractivity contribution >= 4 is 5.69 Å². The molecular weight excluding hydrogens is 330 g/mol. The van der Waals surface area contributed by atoms with E-state index in [1.165, 1.54) is 16.8 Å². The molecule has 2 heterocycles. The van der Waals surface area contributed by atoms with Crippen LogP contribution in [0.25, 0.3) is 0 Å². The Morgan fingerprint density at radius 2 is 2.16 bits per heavy atom. The summed E-state index contributed by atoms with van der Waals surface area (Å²) in [5.74, 6) is 0.474. The number of nitrogens with two attached hydrogens (primary N) is 1. The van der Waals surface area contributed by atoms with Crippen LogP contribution in [0, 0.1) is 5.92 Å². The smallest absolute Gasteiger partial charge is 0.387 e. The van der Waals surface area contributed by atoms with E-state index in [1.807, 2.05) is 0 Å². The van der Waals surface area contributed by atoms with Crippen LogP contribution in [0.15, 0.2) is 41.3 Å². The van der Waals surface area contributed by atoms with Crippen molar-refractivity contribution < 1.29 is 13.5 Å². The van der Waals surface area contributed by atoms with Gasteiger partial charge in [0.1, 0.15) is 5.75 Å². The van der Waals surface area contributed by atoms with Crippen LogP contribution in [0.4, 0.5) is 14.5 Å². The molecule has 2 N–H and O–H groups in total. The monoisotopic (exact) mass is 350 g/mol. The van der Waals surface area contributed by atoms with Crippen molar-refractivity contribution in [2.45, 2.75) is 19.6 Å². The Morgan fingerprint density at radius 3 is 2.84 bits per heavy atom. The van der Waals surface area contributed by atoms with Crippen LogP contribution in [-0.2, 0) is 6.54 Å². The van der Waals surface area contributed by atoms with Crippen molar-refractivity contribution in [3.05, 3.63) is 52.4 Å². The number of ether oxygens (including phenoxy) is 1. The van der Waals surface area contributed by atoms with Crippen molar-refractivity contribution in [2.75, 3.05) is 24.5 Å². The predicted octanol–water partition coefficient (Wildman–Crippen LogP) is 1.68. The number of nitrogens with zero attached hydrogens (tertiary/aromatic N) is 3. The molecule has 1 atom stereocenters. The maximum Gasteiger partial charge on any atom is 0.387 e. The molecule has 8 heteroatoms. The molecule has 0 saturated carbocycles. The fourth-order valence-corrected chi connectivity index (χ4v) is 2.98. The number of hydrogen-bond donors (Lipinski definition) is 1. The lowest BCUT2D eigenvalue weighted by molar-refractivity contribution is -0.0505. The van der Waals surface area contributed by atoms with Crippen molar-refractivity contribution in [1.82, 2.24) is 9.78 Å². The highest BCUT2D eigenvalue weighted by atomic mass is 19.3. The highest BCUT2D eigenvalue weighted by molar-refractivity contribution is 5.44. The molecule has 0 aliphatic carbocycles. The zero-order valence-corrected chi connectivity index (χ0v) is 13.6. The summed E-state index contributed by atoms with van der Waals surface area (Å²) in [4.78, 5) is 14.4. The van der Waals surface area contributed by atoms with Gasteiger partial charge in [-0.2, -0.15) is 13.9 Å². The molecule has 1 aliphatic heterocycles. The standard InChI is InChI=1S/C17H20F2N4O2/c18-17(19)25-15-4-2-1-3-13(15)11-23-16(24)7-14(9-21-23)22-6-5-12(8-20)10-22/h1-4,7,9,12,17H,5-6,8,10-11,20H2. The topological polar surface area (TPSA) is 73.4 Å². The highest BCUT2D eigenvalue weighted by Gasteiger charge is 2.22. The summed E-state index contributed by atoms with van der Waals surface area (Å²) >= 11 is 0. The maximum atomic E-state index is 12.5. The Kier molecular flexibility index (Phi) is 5.28. The van der Waals surface area contributed by atoms with Crippen LogP contribution in [0.2, 0.25) is 0 Å². The third kappa shape index (κ3) is 4.14. The fourth-order valence-electron chi connectivity index (χ4n) is 2.98. The molecule has 1 unspecified atom stereocenters. The van der Waals surface area contributed by atoms with E-state index in [1.54, 1.807) is 24.4 Å². The molecule has 1 aromatic carbocycles. The summed E-state index contributed by atoms with van der Waals surface area (Å²) in [6.45, 7) is -0.570. The van der Waals surface area contributed by atoms with E-state index >= 15 is 0 Å². The van der Waals surface area contributed by atoms with E-state index < -0.39 is 6.61 Å². The molecule has 0 radical (unpaired) electrons. The van der Waals surface area contributed by atoms with Gasteiger partial charge in [-0.05, 0) is 24.9 Å². The minimum atomic E-state index is -2.92. The first-order chi connectivity index (χ1) is 12.1. The molecule has 0 bridgehead atoms. The molecule has 6 nitrogen and oxygen atoms in total. The van der Waals surface area contributed by atoms with Crippen LogP contribution in [-0.4, -0.2) is 36.0 Å². The van der Waals surface area contributed by atoms with Gasteiger partial charge in [-0.15, -0.1) is 0 Å². The predicted molar refractivity (Wildman–Crippen MR) is 90.0 cm³/mol. The zero-order valence-electron chi connectivity index (χ0n) is 13.6. The van der Waals surface area contributed by atoms with E-state index in [0.717, 1.165) is 25.2 Å². The van der Waals surface area contributed by atoms with Crippen molar-refractivity contribution in [1.29, 1.82) is 0 Å². The first-order valence-electron chi connectivity index (χ1n) is 8.11. The van der Waals surface area contributed by atoms with Crippen LogP contribution in [0.1, 0.15) is 12.0 Å². The molecule has 1 fully saturated rings. The lowest BCUT2D eigenvalue weighted by atomic mass is 10.1. The summed E-state index contributed by atoms with van der Waals surface area (Å²) in [6, 6.07) is 7.89. The van der Waals surface area contributed by atoms with Gasteiger partial charge < -0.3 is 15.4 Å². The Bertz CT molecular complexity index is 781. The van der Waals surface area contributed by atoms with E-state index in [0.29, 0.717) is 18.0 Å². The third-order valence-electron chi connectivity index (χ3n) is 4.35. The molecule has 1 aliphatic rings. The van der Waals surface area contributed by atoms with Crippen molar-refractivity contribution in [3.8, 4) is 5.75 Å². The maximum absolute atomic E-state index is 12.5. The summed E-state index contributed by atoms with van der Waals surface area (Å²) in [6.07, 6.45) is 2.62. The lowest BCUT2D eigenvalue weighted by Gasteiger charge is -2.18. The second-order valence-electron chi connectivity index (χ2n) is 6.03. The van der Waals surface area contributed by atoms with Crippen LogP contribution < -0.4 is 20.9 Å². The van der Waals surface area contributed by atoms with Gasteiger partial charge in [0.25, 0.3) is 5.56 Å². The molecule has 0 amide bonds. The number of hydrogen-bond acceptors (Lipinski definition) is 5. The Hall–Kier alpha value is -2.48. The van der Waals surface area contributed by atoms with Crippen LogP contribution >= 0.6 is 0 Å². The Morgan fingerprint density at radius 1 is 1.36 bits per heavy atom. The first kappa shape index (κ1) is 17.3. The highest BCUT2D eigenvalue weighted by Crippen LogP contribution is 2.22. The molecule has 2 aromatic rings. The molecule has 0 spiro atoms. The minimum Gasteiger partial charge on any atom is -0.434 e. The molecule has 3 rings (SSSR count). The van der Waals surface area contributed by atoms with Crippen LogP contribution in [0.5, 0.6) is 5.75 Å². The van der Waals surface area contributed by atoms with Gasteiger partial charge in [0, 0.05) is 24.7 Å². The number of rotatable bonds is 6. The first-order valence-corrected chi connectivity index (χ1v) is 8.11. The number of alkyl halides is 2. The zero-order chi connectivity index (χ0) is 17.8. The van der Waals surface area contributed by atoms with Gasteiger partial charge in [-0.1, -0.05) is 18.2 Å². The van der Waals surface area contributed by atoms with Gasteiger partial charge in [0.15, 0.2) is 0 Å². The van der Waals surface area contributed by atoms with E-state index in [4.69, 9.17) is 5.73 Å². The fraction of sp³-hybridized carbons (Fsp3) is 0.412. The van der Waals surface area contributed by atoms with Gasteiger partial charge >= 0.3 is 6.61 Å². The van der Waals surface area contributed by atoms with Gasteiger partial charge in [-0.25, -0.2) is 4.68 Å². The quantitative estimate of drug-likeness (QED) is 0.858. The number of halogens is 2. The van der Waals surface area contributed by atoms with Gasteiger partial charge in [0.2, 0.25) is 0 Å². The normalized spacial score (nSPS) is 17.3. The molecule has 1 aromatic heterocycles. The third-order valence-corrected chi connectivity index (χ3v) is 4.35. The second-order valence-corrected chi connectivity index (χ2v) is 6.03.